The van der Waals surface area contributed by atoms with Gasteiger partial charge in [0.2, 0.25) is 0 Å². The average molecular weight is 319 g/mol. The van der Waals surface area contributed by atoms with Crippen molar-refractivity contribution in [3.05, 3.63) is 21.7 Å². The largest absolute Gasteiger partial charge is 0.427 e. The summed E-state index contributed by atoms with van der Waals surface area (Å²) in [5.41, 5.74) is 11.7. The molecule has 0 spiro atoms. The normalized spacial score (nSPS) is 12.6. The molecule has 1 aromatic carbocycles. The first kappa shape index (κ1) is 17.6. The van der Waals surface area contributed by atoms with E-state index in [1.54, 1.807) is 33.8 Å². The van der Waals surface area contributed by atoms with Gasteiger partial charge in [0, 0.05) is 12.2 Å². The summed E-state index contributed by atoms with van der Waals surface area (Å²) in [6.45, 7) is 7.22. The van der Waals surface area contributed by atoms with Crippen molar-refractivity contribution in [3.8, 4) is 0 Å². The molecule has 0 aliphatic heterocycles. The maximum absolute atomic E-state index is 10.1. The first-order valence-electron chi connectivity index (χ1n) is 6.33. The molecule has 5 N–H and O–H groups in total. The minimum atomic E-state index is -1.01. The third-order valence-electron chi connectivity index (χ3n) is 3.72. The number of hydrogen-bond donors (Lipinski definition) is 3. The van der Waals surface area contributed by atoms with E-state index in [2.05, 4.69) is 0 Å². The Morgan fingerprint density at radius 2 is 1.85 bits per heavy atom. The van der Waals surface area contributed by atoms with Crippen LogP contribution in [0.2, 0.25) is 10.0 Å². The summed E-state index contributed by atoms with van der Waals surface area (Å²) < 4.78 is 5.81. The first-order valence-corrected chi connectivity index (χ1v) is 7.08. The molecule has 0 unspecified atom stereocenters. The molecule has 0 saturated heterocycles. The van der Waals surface area contributed by atoms with Crippen molar-refractivity contribution in [1.82, 2.24) is 0 Å². The van der Waals surface area contributed by atoms with Gasteiger partial charge in [-0.05, 0) is 44.8 Å². The van der Waals surface area contributed by atoms with Crippen LogP contribution in [0.25, 0.3) is 0 Å². The van der Waals surface area contributed by atoms with Gasteiger partial charge in [0.25, 0.3) is 0 Å². The maximum Gasteiger partial charge on any atom is 0.311 e. The van der Waals surface area contributed by atoms with E-state index in [9.17, 15) is 5.11 Å². The molecule has 112 valence electrons. The lowest BCUT2D eigenvalue weighted by molar-refractivity contribution is -0.0893. The predicted molar refractivity (Wildman–Crippen MR) is 87.0 cm³/mol. The molecule has 0 amide bonds. The van der Waals surface area contributed by atoms with Gasteiger partial charge in [-0.3, -0.25) is 0 Å². The van der Waals surface area contributed by atoms with Gasteiger partial charge in [-0.1, -0.05) is 23.2 Å². The van der Waals surface area contributed by atoms with Crippen LogP contribution in [-0.2, 0) is 11.2 Å². The zero-order valence-corrected chi connectivity index (χ0v) is 13.8. The van der Waals surface area contributed by atoms with Crippen molar-refractivity contribution >= 4 is 41.8 Å². The number of nitrogen functional groups attached to an aromatic ring is 1. The number of aliphatic hydroxyl groups is 1. The van der Waals surface area contributed by atoms with Crippen molar-refractivity contribution in [1.29, 1.82) is 0 Å². The highest BCUT2D eigenvalue weighted by molar-refractivity contribution is 6.57. The zero-order valence-electron chi connectivity index (χ0n) is 12.3. The summed E-state index contributed by atoms with van der Waals surface area (Å²) in [4.78, 5) is 0. The van der Waals surface area contributed by atoms with Crippen LogP contribution in [0.1, 0.15) is 33.3 Å². The van der Waals surface area contributed by atoms with Crippen LogP contribution < -0.4 is 16.9 Å². The number of halogens is 2. The second-order valence-electron chi connectivity index (χ2n) is 5.78. The molecule has 20 heavy (non-hydrogen) atoms. The first-order chi connectivity index (χ1) is 9.01. The summed E-state index contributed by atoms with van der Waals surface area (Å²) in [6.07, 6.45) is 0. The van der Waals surface area contributed by atoms with E-state index in [1.807, 2.05) is 0 Å². The topological polar surface area (TPSA) is 81.5 Å². The van der Waals surface area contributed by atoms with Gasteiger partial charge >= 0.3 is 7.48 Å². The summed E-state index contributed by atoms with van der Waals surface area (Å²) in [7, 11) is 0.174. The maximum atomic E-state index is 10.1. The summed E-state index contributed by atoms with van der Waals surface area (Å²) in [6, 6.07) is 1.58. The third kappa shape index (κ3) is 3.60. The van der Waals surface area contributed by atoms with E-state index in [-0.39, 0.29) is 14.0 Å². The highest BCUT2D eigenvalue weighted by atomic mass is 35.5. The second kappa shape index (κ2) is 6.12. The van der Waals surface area contributed by atoms with Crippen LogP contribution in [-0.4, -0.2) is 23.8 Å². The summed E-state index contributed by atoms with van der Waals surface area (Å²) >= 11 is 12.2. The van der Waals surface area contributed by atoms with Crippen LogP contribution in [0, 0.1) is 0 Å². The molecule has 4 nitrogen and oxygen atoms in total. The third-order valence-corrected chi connectivity index (χ3v) is 4.55. The minimum Gasteiger partial charge on any atom is -0.427 e. The molecule has 0 fully saturated rings. The molecule has 7 heteroatoms. The van der Waals surface area contributed by atoms with E-state index in [0.717, 1.165) is 0 Å². The van der Waals surface area contributed by atoms with Crippen LogP contribution >= 0.6 is 23.2 Å². The molecule has 0 aromatic heterocycles. The fourth-order valence-electron chi connectivity index (χ4n) is 1.56. The fraction of sp³-hybridized carbons (Fsp3) is 0.538. The van der Waals surface area contributed by atoms with Gasteiger partial charge in [-0.25, -0.2) is 0 Å². The SMILES string of the molecule is CC(C)(O)C(C)(C)OBc1c(Cl)c(Cl)cc(N)c1CN. The van der Waals surface area contributed by atoms with Crippen LogP contribution in [0.3, 0.4) is 0 Å². The molecule has 0 saturated carbocycles. The molecule has 0 bridgehead atoms. The zero-order chi connectivity index (χ0) is 15.7. The molecule has 0 aliphatic carbocycles. The van der Waals surface area contributed by atoms with Gasteiger partial charge in [0.1, 0.15) is 0 Å². The number of hydrogen-bond acceptors (Lipinski definition) is 4. The second-order valence-corrected chi connectivity index (χ2v) is 6.57. The molecule has 1 rings (SSSR count). The van der Waals surface area contributed by atoms with Gasteiger partial charge in [0.15, 0.2) is 0 Å². The van der Waals surface area contributed by atoms with Crippen LogP contribution in [0.15, 0.2) is 6.07 Å². The van der Waals surface area contributed by atoms with Crippen molar-refractivity contribution in [2.75, 3.05) is 5.73 Å². The number of anilines is 1. The van der Waals surface area contributed by atoms with E-state index in [0.29, 0.717) is 26.8 Å². The van der Waals surface area contributed by atoms with Gasteiger partial charge in [-0.2, -0.15) is 0 Å². The Kier molecular flexibility index (Phi) is 5.38. The van der Waals surface area contributed by atoms with Gasteiger partial charge < -0.3 is 21.2 Å². The Balaban J connectivity index is 3.10. The Labute approximate surface area is 130 Å². The summed E-state index contributed by atoms with van der Waals surface area (Å²) in [5, 5.41) is 10.8. The standard InChI is InChI=1S/C13H21BCl2N2O2/c1-12(2,19)13(3,4)20-14-10-7(6-17)9(18)5-8(15)11(10)16/h5,14,19H,6,17-18H2,1-4H3. The Morgan fingerprint density at radius 3 is 2.30 bits per heavy atom. The molecular formula is C13H21BCl2N2O2. The quantitative estimate of drug-likeness (QED) is 0.568. The molecule has 0 aliphatic rings. The molecule has 0 radical (unpaired) electrons. The predicted octanol–water partition coefficient (Wildman–Crippen LogP) is 1.58. The van der Waals surface area contributed by atoms with Crippen LogP contribution in [0.5, 0.6) is 0 Å². The molecule has 0 heterocycles. The average Bonchev–Trinajstić information content (AvgIpc) is 2.30. The fourth-order valence-corrected chi connectivity index (χ4v) is 2.01. The van der Waals surface area contributed by atoms with E-state index in [1.165, 1.54) is 0 Å². The van der Waals surface area contributed by atoms with Crippen molar-refractivity contribution in [2.24, 2.45) is 5.73 Å². The van der Waals surface area contributed by atoms with Gasteiger partial charge in [0.05, 0.1) is 21.2 Å². The Bertz CT molecular complexity index is 502. The highest BCUT2D eigenvalue weighted by Crippen LogP contribution is 2.28. The van der Waals surface area contributed by atoms with Crippen molar-refractivity contribution in [2.45, 2.75) is 45.4 Å². The smallest absolute Gasteiger partial charge is 0.311 e. The number of rotatable bonds is 5. The highest BCUT2D eigenvalue weighted by Gasteiger charge is 2.36. The van der Waals surface area contributed by atoms with E-state index >= 15 is 0 Å². The van der Waals surface area contributed by atoms with Gasteiger partial charge in [-0.15, -0.1) is 0 Å². The lowest BCUT2D eigenvalue weighted by atomic mass is 9.79. The van der Waals surface area contributed by atoms with Crippen molar-refractivity contribution in [3.63, 3.8) is 0 Å². The number of nitrogens with two attached hydrogens (primary N) is 2. The Morgan fingerprint density at radius 1 is 1.30 bits per heavy atom. The summed E-state index contributed by atoms with van der Waals surface area (Å²) in [5.74, 6) is 0. The lowest BCUT2D eigenvalue weighted by Crippen LogP contribution is -2.49. The van der Waals surface area contributed by atoms with Crippen LogP contribution in [0.4, 0.5) is 5.69 Å². The molecule has 1 aromatic rings. The monoisotopic (exact) mass is 318 g/mol. The Hall–Kier alpha value is -0.455. The van der Waals surface area contributed by atoms with E-state index < -0.39 is 11.2 Å². The van der Waals surface area contributed by atoms with E-state index in [4.69, 9.17) is 39.3 Å². The minimum absolute atomic E-state index is 0.174. The molecule has 0 atom stereocenters. The number of benzene rings is 1. The molecular weight excluding hydrogens is 298 g/mol. The lowest BCUT2D eigenvalue weighted by Gasteiger charge is -2.38. The van der Waals surface area contributed by atoms with Crippen molar-refractivity contribution < 1.29 is 9.76 Å².